The lowest BCUT2D eigenvalue weighted by molar-refractivity contribution is 0.0663. The van der Waals surface area contributed by atoms with E-state index in [-0.39, 0.29) is 5.76 Å². The summed E-state index contributed by atoms with van der Waals surface area (Å²) < 4.78 is 5.02. The predicted octanol–water partition coefficient (Wildman–Crippen LogP) is 0.795. The topological polar surface area (TPSA) is 73.9 Å². The Morgan fingerprint density at radius 3 is 2.71 bits per heavy atom. The fraction of sp³-hybridized carbons (Fsp3) is 0.444. The van der Waals surface area contributed by atoms with Crippen molar-refractivity contribution in [3.05, 3.63) is 17.9 Å². The van der Waals surface area contributed by atoms with Gasteiger partial charge < -0.3 is 19.5 Å². The van der Waals surface area contributed by atoms with Crippen LogP contribution in [0.4, 0.5) is 5.88 Å². The van der Waals surface area contributed by atoms with Gasteiger partial charge in [-0.2, -0.15) is 0 Å². The maximum Gasteiger partial charge on any atom is 0.371 e. The number of nitrogens with zero attached hydrogens (tertiary/aromatic N) is 1. The maximum absolute atomic E-state index is 10.5. The molecule has 1 atom stereocenters. The second kappa shape index (κ2) is 4.15. The van der Waals surface area contributed by atoms with E-state index in [9.17, 15) is 4.79 Å². The highest BCUT2D eigenvalue weighted by Gasteiger charge is 2.12. The highest BCUT2D eigenvalue weighted by molar-refractivity contribution is 5.84. The van der Waals surface area contributed by atoms with Crippen molar-refractivity contribution in [2.24, 2.45) is 0 Å². The van der Waals surface area contributed by atoms with Crippen LogP contribution in [-0.4, -0.2) is 35.9 Å². The number of hydrogen-bond donors (Lipinski definition) is 2. The van der Waals surface area contributed by atoms with Crippen LogP contribution in [0.2, 0.25) is 0 Å². The van der Waals surface area contributed by atoms with Gasteiger partial charge in [0.05, 0.1) is 6.10 Å². The van der Waals surface area contributed by atoms with Crippen LogP contribution in [0, 0.1) is 0 Å². The first-order valence-corrected chi connectivity index (χ1v) is 4.23. The van der Waals surface area contributed by atoms with Crippen molar-refractivity contribution >= 4 is 11.9 Å². The number of carboxylic acid groups (broad SMARTS) is 1. The number of aliphatic hydroxyl groups is 1. The number of carboxylic acids is 1. The van der Waals surface area contributed by atoms with Gasteiger partial charge in [0.15, 0.2) is 5.88 Å². The number of likely N-dealkylation sites (N-methyl/N-ethyl adjacent to an activating group) is 1. The summed E-state index contributed by atoms with van der Waals surface area (Å²) in [6, 6.07) is 2.95. The molecule has 14 heavy (non-hydrogen) atoms. The maximum atomic E-state index is 10.5. The third kappa shape index (κ3) is 2.50. The fourth-order valence-electron chi connectivity index (χ4n) is 1.13. The van der Waals surface area contributed by atoms with Gasteiger partial charge in [0, 0.05) is 19.7 Å². The van der Waals surface area contributed by atoms with E-state index in [1.165, 1.54) is 6.07 Å². The van der Waals surface area contributed by atoms with Gasteiger partial charge in [-0.25, -0.2) is 4.79 Å². The van der Waals surface area contributed by atoms with Gasteiger partial charge in [-0.1, -0.05) is 0 Å². The summed E-state index contributed by atoms with van der Waals surface area (Å²) in [4.78, 5) is 12.1. The average molecular weight is 199 g/mol. The van der Waals surface area contributed by atoms with Crippen LogP contribution in [-0.2, 0) is 0 Å². The number of furan rings is 1. The number of carbonyl (C=O) groups is 1. The van der Waals surface area contributed by atoms with Crippen LogP contribution in [0.3, 0.4) is 0 Å². The van der Waals surface area contributed by atoms with Crippen molar-refractivity contribution in [1.82, 2.24) is 0 Å². The Morgan fingerprint density at radius 1 is 1.64 bits per heavy atom. The lowest BCUT2D eigenvalue weighted by Gasteiger charge is -2.17. The first-order chi connectivity index (χ1) is 6.50. The molecule has 1 aromatic rings. The van der Waals surface area contributed by atoms with Crippen molar-refractivity contribution in [3.8, 4) is 0 Å². The summed E-state index contributed by atoms with van der Waals surface area (Å²) in [6.45, 7) is 2.05. The zero-order valence-corrected chi connectivity index (χ0v) is 8.10. The summed E-state index contributed by atoms with van der Waals surface area (Å²) in [6.07, 6.45) is -0.488. The quantitative estimate of drug-likeness (QED) is 0.750. The Kier molecular flexibility index (Phi) is 3.14. The van der Waals surface area contributed by atoms with Crippen molar-refractivity contribution in [3.63, 3.8) is 0 Å². The molecule has 0 fully saturated rings. The Labute approximate surface area is 81.6 Å². The molecule has 5 nitrogen and oxygen atoms in total. The molecular formula is C9H13NO4. The number of anilines is 1. The molecule has 0 aliphatic heterocycles. The Hall–Kier alpha value is -1.49. The molecule has 78 valence electrons. The molecule has 0 aliphatic carbocycles. The molecule has 1 aromatic heterocycles. The molecular weight excluding hydrogens is 186 g/mol. The largest absolute Gasteiger partial charge is 0.475 e. The van der Waals surface area contributed by atoms with Crippen molar-refractivity contribution < 1.29 is 19.4 Å². The molecule has 0 saturated heterocycles. The zero-order valence-electron chi connectivity index (χ0n) is 8.10. The molecule has 0 spiro atoms. The number of aromatic carboxylic acids is 1. The van der Waals surface area contributed by atoms with E-state index >= 15 is 0 Å². The summed E-state index contributed by atoms with van der Waals surface area (Å²) in [7, 11) is 1.72. The minimum atomic E-state index is -1.10. The van der Waals surface area contributed by atoms with E-state index < -0.39 is 12.1 Å². The lowest BCUT2D eigenvalue weighted by atomic mass is 10.4. The predicted molar refractivity (Wildman–Crippen MR) is 50.6 cm³/mol. The van der Waals surface area contributed by atoms with E-state index in [0.29, 0.717) is 12.4 Å². The fourth-order valence-corrected chi connectivity index (χ4v) is 1.13. The van der Waals surface area contributed by atoms with Crippen LogP contribution < -0.4 is 4.90 Å². The summed E-state index contributed by atoms with van der Waals surface area (Å²) in [5.41, 5.74) is 0. The third-order valence-corrected chi connectivity index (χ3v) is 1.72. The summed E-state index contributed by atoms with van der Waals surface area (Å²) in [5, 5.41) is 17.7. The molecule has 2 N–H and O–H groups in total. The van der Waals surface area contributed by atoms with Crippen molar-refractivity contribution in [1.29, 1.82) is 0 Å². The van der Waals surface area contributed by atoms with E-state index in [1.807, 2.05) is 0 Å². The molecule has 0 amide bonds. The van der Waals surface area contributed by atoms with Crippen molar-refractivity contribution in [2.45, 2.75) is 13.0 Å². The number of aliphatic hydroxyl groups excluding tert-OH is 1. The van der Waals surface area contributed by atoms with Crippen LogP contribution in [0.1, 0.15) is 17.5 Å². The molecule has 1 heterocycles. The zero-order chi connectivity index (χ0) is 10.7. The van der Waals surface area contributed by atoms with Gasteiger partial charge in [-0.3, -0.25) is 0 Å². The summed E-state index contributed by atoms with van der Waals surface area (Å²) in [5.74, 6) is -0.762. The molecule has 0 bridgehead atoms. The van der Waals surface area contributed by atoms with Gasteiger partial charge in [-0.15, -0.1) is 0 Å². The first kappa shape index (κ1) is 10.6. The second-order valence-corrected chi connectivity index (χ2v) is 3.17. The van der Waals surface area contributed by atoms with E-state index in [2.05, 4.69) is 0 Å². The van der Waals surface area contributed by atoms with Crippen LogP contribution in [0.25, 0.3) is 0 Å². The first-order valence-electron chi connectivity index (χ1n) is 4.23. The normalized spacial score (nSPS) is 12.5. The van der Waals surface area contributed by atoms with Crippen LogP contribution in [0.15, 0.2) is 16.5 Å². The minimum Gasteiger partial charge on any atom is -0.475 e. The monoisotopic (exact) mass is 199 g/mol. The Morgan fingerprint density at radius 2 is 2.29 bits per heavy atom. The molecule has 5 heteroatoms. The highest BCUT2D eigenvalue weighted by Crippen LogP contribution is 2.17. The standard InChI is InChI=1S/C9H13NO4/c1-6(11)5-10(2)8-4-3-7(14-8)9(12)13/h3-4,6,11H,5H2,1-2H3,(H,12,13). The Bertz CT molecular complexity index is 318. The third-order valence-electron chi connectivity index (χ3n) is 1.72. The SMILES string of the molecule is CC(O)CN(C)c1ccc(C(=O)O)o1. The highest BCUT2D eigenvalue weighted by atomic mass is 16.4. The Balaban J connectivity index is 2.71. The lowest BCUT2D eigenvalue weighted by Crippen LogP contribution is -2.26. The number of hydrogen-bond acceptors (Lipinski definition) is 4. The second-order valence-electron chi connectivity index (χ2n) is 3.17. The molecule has 1 unspecified atom stereocenters. The van der Waals surface area contributed by atoms with Crippen molar-refractivity contribution in [2.75, 3.05) is 18.5 Å². The average Bonchev–Trinajstić information content (AvgIpc) is 2.50. The van der Waals surface area contributed by atoms with Gasteiger partial charge in [0.2, 0.25) is 5.76 Å². The van der Waals surface area contributed by atoms with Crippen LogP contribution in [0.5, 0.6) is 0 Å². The van der Waals surface area contributed by atoms with E-state index in [1.54, 1.807) is 24.9 Å². The van der Waals surface area contributed by atoms with E-state index in [0.717, 1.165) is 0 Å². The van der Waals surface area contributed by atoms with Gasteiger partial charge in [0.1, 0.15) is 0 Å². The van der Waals surface area contributed by atoms with Gasteiger partial charge in [-0.05, 0) is 13.0 Å². The smallest absolute Gasteiger partial charge is 0.371 e. The number of rotatable bonds is 4. The molecule has 0 saturated carbocycles. The molecule has 0 aromatic carbocycles. The molecule has 0 radical (unpaired) electrons. The minimum absolute atomic E-state index is 0.0996. The molecule has 0 aliphatic rings. The van der Waals surface area contributed by atoms with E-state index in [4.69, 9.17) is 14.6 Å². The van der Waals surface area contributed by atoms with Gasteiger partial charge >= 0.3 is 5.97 Å². The van der Waals surface area contributed by atoms with Crippen LogP contribution >= 0.6 is 0 Å². The molecule has 1 rings (SSSR count). The summed E-state index contributed by atoms with van der Waals surface area (Å²) >= 11 is 0. The van der Waals surface area contributed by atoms with Gasteiger partial charge in [0.25, 0.3) is 0 Å².